The number of aromatic nitrogens is 1. The number of aryl methyl sites for hydroxylation is 1. The van der Waals surface area contributed by atoms with E-state index in [1.165, 1.54) is 29.5 Å². The second kappa shape index (κ2) is 3.23. The molecule has 3 rings (SSSR count). The van der Waals surface area contributed by atoms with E-state index in [9.17, 15) is 4.79 Å². The highest BCUT2D eigenvalue weighted by Gasteiger charge is 2.18. The van der Waals surface area contributed by atoms with E-state index in [0.29, 0.717) is 0 Å². The molecule has 0 fully saturated rings. The molecule has 0 saturated heterocycles. The lowest BCUT2D eigenvalue weighted by molar-refractivity contribution is 0.544. The molecule has 2 nitrogen and oxygen atoms in total. The van der Waals surface area contributed by atoms with Gasteiger partial charge in [-0.2, -0.15) is 0 Å². The lowest BCUT2D eigenvalue weighted by atomic mass is 9.96. The smallest absolute Gasteiger partial charge is 0.218 e. The zero-order valence-corrected chi connectivity index (χ0v) is 8.57. The molecule has 0 amide bonds. The van der Waals surface area contributed by atoms with E-state index in [0.717, 1.165) is 24.8 Å². The Morgan fingerprint density at radius 2 is 1.93 bits per heavy atom. The average Bonchev–Trinajstić information content (AvgIpc) is 2.63. The maximum atomic E-state index is 11.1. The van der Waals surface area contributed by atoms with Crippen LogP contribution in [0.4, 0.5) is 0 Å². The largest absolute Gasteiger partial charge is 0.287 e. The summed E-state index contributed by atoms with van der Waals surface area (Å²) in [5.41, 5.74) is 3.70. The fraction of sp³-hybridized carbons (Fsp3) is 0.308. The van der Waals surface area contributed by atoms with Gasteiger partial charge in [-0.15, -0.1) is 0 Å². The first-order valence-electron chi connectivity index (χ1n) is 5.48. The maximum absolute atomic E-state index is 11.1. The van der Waals surface area contributed by atoms with Crippen LogP contribution in [0, 0.1) is 0 Å². The highest BCUT2D eigenvalue weighted by Crippen LogP contribution is 2.30. The molecule has 2 heteroatoms. The summed E-state index contributed by atoms with van der Waals surface area (Å²) in [6, 6.07) is 8.20. The minimum Gasteiger partial charge on any atom is -0.287 e. The van der Waals surface area contributed by atoms with Crippen LogP contribution < -0.4 is 0 Å². The molecule has 0 unspecified atom stereocenters. The SMILES string of the molecule is O=Cn1c2c(c3ccccc31)CCCC2. The van der Waals surface area contributed by atoms with E-state index in [4.69, 9.17) is 0 Å². The Hall–Kier alpha value is -1.57. The van der Waals surface area contributed by atoms with Gasteiger partial charge in [0.25, 0.3) is 0 Å². The van der Waals surface area contributed by atoms with Crippen LogP contribution in [0.5, 0.6) is 0 Å². The van der Waals surface area contributed by atoms with Gasteiger partial charge >= 0.3 is 0 Å². The van der Waals surface area contributed by atoms with Crippen molar-refractivity contribution in [3.8, 4) is 0 Å². The predicted octanol–water partition coefficient (Wildman–Crippen LogP) is 2.56. The Kier molecular flexibility index (Phi) is 1.88. The van der Waals surface area contributed by atoms with Gasteiger partial charge in [0, 0.05) is 11.1 Å². The Bertz CT molecular complexity index is 525. The molecule has 2 aromatic rings. The summed E-state index contributed by atoms with van der Waals surface area (Å²) in [6.45, 7) is 0. The van der Waals surface area contributed by atoms with Crippen LogP contribution in [0.15, 0.2) is 24.3 Å². The molecule has 15 heavy (non-hydrogen) atoms. The van der Waals surface area contributed by atoms with Gasteiger partial charge in [0.15, 0.2) is 0 Å². The second-order valence-corrected chi connectivity index (χ2v) is 4.12. The molecule has 76 valence electrons. The molecule has 0 radical (unpaired) electrons. The number of carbonyl (C=O) groups is 1. The average molecular weight is 199 g/mol. The van der Waals surface area contributed by atoms with Crippen LogP contribution in [0.1, 0.15) is 24.1 Å². The van der Waals surface area contributed by atoms with Crippen LogP contribution in [0.2, 0.25) is 0 Å². The predicted molar refractivity (Wildman–Crippen MR) is 60.7 cm³/mol. The third kappa shape index (κ3) is 1.14. The fourth-order valence-corrected chi connectivity index (χ4v) is 2.65. The highest BCUT2D eigenvalue weighted by molar-refractivity contribution is 5.90. The molecule has 1 aliphatic rings. The Morgan fingerprint density at radius 3 is 2.80 bits per heavy atom. The fourth-order valence-electron chi connectivity index (χ4n) is 2.65. The molecular formula is C13H13NO. The van der Waals surface area contributed by atoms with Gasteiger partial charge in [-0.25, -0.2) is 0 Å². The standard InChI is InChI=1S/C13H13NO/c15-9-14-12-7-3-1-5-10(12)11-6-2-4-8-13(11)14/h1,3,5,7,9H,2,4,6,8H2. The Morgan fingerprint density at radius 1 is 1.13 bits per heavy atom. The van der Waals surface area contributed by atoms with Crippen molar-refractivity contribution in [1.82, 2.24) is 4.57 Å². The summed E-state index contributed by atoms with van der Waals surface area (Å²) in [5.74, 6) is 0. The summed E-state index contributed by atoms with van der Waals surface area (Å²) < 4.78 is 1.82. The van der Waals surface area contributed by atoms with Crippen LogP contribution in [-0.2, 0) is 17.6 Å². The second-order valence-electron chi connectivity index (χ2n) is 4.12. The van der Waals surface area contributed by atoms with Gasteiger partial charge in [-0.05, 0) is 37.3 Å². The lowest BCUT2D eigenvalue weighted by Crippen LogP contribution is -2.07. The molecule has 0 N–H and O–H groups in total. The maximum Gasteiger partial charge on any atom is 0.218 e. The van der Waals surface area contributed by atoms with Crippen molar-refractivity contribution in [3.63, 3.8) is 0 Å². The molecule has 1 aliphatic carbocycles. The van der Waals surface area contributed by atoms with Gasteiger partial charge in [0.2, 0.25) is 6.41 Å². The van der Waals surface area contributed by atoms with Gasteiger partial charge in [0.1, 0.15) is 0 Å². The van der Waals surface area contributed by atoms with E-state index in [-0.39, 0.29) is 0 Å². The van der Waals surface area contributed by atoms with Gasteiger partial charge in [-0.3, -0.25) is 9.36 Å². The molecule has 0 bridgehead atoms. The first kappa shape index (κ1) is 8.72. The minimum absolute atomic E-state index is 0.951. The zero-order valence-electron chi connectivity index (χ0n) is 8.57. The summed E-state index contributed by atoms with van der Waals surface area (Å²) >= 11 is 0. The zero-order chi connectivity index (χ0) is 10.3. The topological polar surface area (TPSA) is 22.0 Å². The molecule has 1 aromatic carbocycles. The number of carbonyl (C=O) groups excluding carboxylic acids is 1. The third-order valence-corrected chi connectivity index (χ3v) is 3.32. The van der Waals surface area contributed by atoms with E-state index >= 15 is 0 Å². The number of benzene rings is 1. The normalized spacial score (nSPS) is 15.2. The quantitative estimate of drug-likeness (QED) is 0.647. The number of nitrogens with zero attached hydrogens (tertiary/aromatic N) is 1. The van der Waals surface area contributed by atoms with E-state index in [2.05, 4.69) is 6.07 Å². The van der Waals surface area contributed by atoms with Crippen molar-refractivity contribution in [2.45, 2.75) is 25.7 Å². The number of hydrogen-bond acceptors (Lipinski definition) is 1. The third-order valence-electron chi connectivity index (χ3n) is 3.32. The molecule has 0 saturated carbocycles. The summed E-state index contributed by atoms with van der Waals surface area (Å²) in [5, 5.41) is 1.26. The van der Waals surface area contributed by atoms with Crippen molar-refractivity contribution < 1.29 is 4.79 Å². The molecular weight excluding hydrogens is 186 g/mol. The highest BCUT2D eigenvalue weighted by atomic mass is 16.1. The van der Waals surface area contributed by atoms with Gasteiger partial charge < -0.3 is 0 Å². The van der Waals surface area contributed by atoms with Crippen molar-refractivity contribution in [2.75, 3.05) is 0 Å². The van der Waals surface area contributed by atoms with Crippen LogP contribution in [-0.4, -0.2) is 11.0 Å². The summed E-state index contributed by atoms with van der Waals surface area (Å²) in [7, 11) is 0. The van der Waals surface area contributed by atoms with Gasteiger partial charge in [0.05, 0.1) is 5.52 Å². The monoisotopic (exact) mass is 199 g/mol. The van der Waals surface area contributed by atoms with Crippen molar-refractivity contribution in [1.29, 1.82) is 0 Å². The number of hydrogen-bond donors (Lipinski definition) is 0. The van der Waals surface area contributed by atoms with E-state index in [1.807, 2.05) is 22.8 Å². The summed E-state index contributed by atoms with van der Waals surface area (Å²) in [4.78, 5) is 11.1. The van der Waals surface area contributed by atoms with Gasteiger partial charge in [-0.1, -0.05) is 18.2 Å². The van der Waals surface area contributed by atoms with E-state index < -0.39 is 0 Å². The van der Waals surface area contributed by atoms with Crippen molar-refractivity contribution >= 4 is 17.3 Å². The van der Waals surface area contributed by atoms with Crippen LogP contribution in [0.3, 0.4) is 0 Å². The number of rotatable bonds is 1. The first-order valence-corrected chi connectivity index (χ1v) is 5.48. The Balaban J connectivity index is 2.42. The van der Waals surface area contributed by atoms with Crippen LogP contribution >= 0.6 is 0 Å². The molecule has 1 aromatic heterocycles. The Labute approximate surface area is 88.5 Å². The van der Waals surface area contributed by atoms with Crippen molar-refractivity contribution in [2.24, 2.45) is 0 Å². The van der Waals surface area contributed by atoms with Crippen molar-refractivity contribution in [3.05, 3.63) is 35.5 Å². The van der Waals surface area contributed by atoms with E-state index in [1.54, 1.807) is 0 Å². The number of fused-ring (bicyclic) bond motifs is 3. The number of para-hydroxylation sites is 1. The minimum atomic E-state index is 0.951. The first-order chi connectivity index (χ1) is 7.42. The molecule has 1 heterocycles. The van der Waals surface area contributed by atoms with Crippen LogP contribution in [0.25, 0.3) is 10.9 Å². The molecule has 0 spiro atoms. The molecule has 0 atom stereocenters. The summed E-state index contributed by atoms with van der Waals surface area (Å²) in [6.07, 6.45) is 5.57. The lowest BCUT2D eigenvalue weighted by Gasteiger charge is -2.12. The molecule has 0 aliphatic heterocycles.